The van der Waals surface area contributed by atoms with E-state index in [1.54, 1.807) is 18.2 Å². The minimum atomic E-state index is -0.536. The number of benzene rings is 10. The molecule has 0 atom stereocenters. The summed E-state index contributed by atoms with van der Waals surface area (Å²) in [6.45, 7) is 0. The maximum Gasteiger partial charge on any atom is 0.0629 e. The molecule has 52 heavy (non-hydrogen) atoms. The Kier molecular flexibility index (Phi) is 5.17. The SMILES string of the molecule is [2H]c1c([2H])c([2H])c(-c2cccc(-c3c([2H])c([2H])c([2H])c([2H])c3[2H])c2-c2c3ccccc3c(-c3cccc(-c4cc5ccccc5c5ccccc45)c3)c3ccccc23)c([2H])c1[2H]. The van der Waals surface area contributed by atoms with E-state index in [9.17, 15) is 0 Å². The molecule has 0 amide bonds. The first-order chi connectivity index (χ1) is 30.0. The van der Waals surface area contributed by atoms with Crippen LogP contribution >= 0.6 is 0 Å². The molecule has 0 fully saturated rings. The average Bonchev–Trinajstić information content (AvgIpc) is 3.30. The molecule has 0 heterocycles. The van der Waals surface area contributed by atoms with E-state index >= 15 is 0 Å². The van der Waals surface area contributed by atoms with Crippen molar-refractivity contribution in [3.05, 3.63) is 206 Å². The van der Waals surface area contributed by atoms with Gasteiger partial charge < -0.3 is 0 Å². The van der Waals surface area contributed by atoms with Crippen LogP contribution in [0.1, 0.15) is 13.7 Å². The molecular formula is C52H34. The predicted octanol–water partition coefficient (Wildman–Crippen LogP) is 14.6. The molecule has 0 radical (unpaired) electrons. The van der Waals surface area contributed by atoms with E-state index in [4.69, 9.17) is 13.7 Å². The highest BCUT2D eigenvalue weighted by Crippen LogP contribution is 2.49. The molecule has 10 aromatic rings. The van der Waals surface area contributed by atoms with Gasteiger partial charge in [-0.1, -0.05) is 194 Å². The lowest BCUT2D eigenvalue weighted by atomic mass is 9.80. The normalized spacial score (nSPS) is 14.2. The Balaban J connectivity index is 1.33. The zero-order valence-corrected chi connectivity index (χ0v) is 27.9. The first kappa shape index (κ1) is 21.5. The first-order valence-electron chi connectivity index (χ1n) is 22.2. The van der Waals surface area contributed by atoms with E-state index in [0.29, 0.717) is 11.1 Å². The van der Waals surface area contributed by atoms with Crippen molar-refractivity contribution in [1.82, 2.24) is 0 Å². The molecule has 0 bridgehead atoms. The summed E-state index contributed by atoms with van der Waals surface area (Å²) in [6.07, 6.45) is 0. The molecule has 0 aliphatic heterocycles. The molecule has 10 rings (SSSR count). The molecule has 0 spiro atoms. The zero-order chi connectivity index (χ0) is 43.1. The monoisotopic (exact) mass is 668 g/mol. The molecule has 0 aliphatic carbocycles. The van der Waals surface area contributed by atoms with Gasteiger partial charge in [0.25, 0.3) is 0 Å². The lowest BCUT2D eigenvalue weighted by Gasteiger charge is -2.22. The van der Waals surface area contributed by atoms with Crippen molar-refractivity contribution in [3.63, 3.8) is 0 Å². The highest BCUT2D eigenvalue weighted by Gasteiger charge is 2.22. The van der Waals surface area contributed by atoms with Gasteiger partial charge in [0.05, 0.1) is 13.7 Å². The van der Waals surface area contributed by atoms with Gasteiger partial charge in [-0.2, -0.15) is 0 Å². The second-order valence-corrected chi connectivity index (χ2v) is 12.8. The molecule has 242 valence electrons. The van der Waals surface area contributed by atoms with Crippen LogP contribution in [0.5, 0.6) is 0 Å². The maximum absolute atomic E-state index is 9.11. The van der Waals surface area contributed by atoms with Crippen LogP contribution in [0.2, 0.25) is 0 Å². The van der Waals surface area contributed by atoms with Crippen molar-refractivity contribution in [1.29, 1.82) is 0 Å². The molecule has 0 N–H and O–H groups in total. The molecular weight excluding hydrogens is 625 g/mol. The van der Waals surface area contributed by atoms with Crippen LogP contribution in [0, 0.1) is 0 Å². The fraction of sp³-hybridized carbons (Fsp3) is 0. The summed E-state index contributed by atoms with van der Waals surface area (Å²) in [5.41, 5.74) is 5.46. The molecule has 0 heteroatoms. The van der Waals surface area contributed by atoms with E-state index in [-0.39, 0.29) is 22.3 Å². The fourth-order valence-corrected chi connectivity index (χ4v) is 7.85. The first-order valence-corrected chi connectivity index (χ1v) is 17.2. The maximum atomic E-state index is 9.11. The van der Waals surface area contributed by atoms with E-state index in [0.717, 1.165) is 54.6 Å². The lowest BCUT2D eigenvalue weighted by molar-refractivity contribution is 1.58. The molecule has 10 aromatic carbocycles. The van der Waals surface area contributed by atoms with Crippen molar-refractivity contribution in [3.8, 4) is 55.6 Å². The van der Waals surface area contributed by atoms with Crippen LogP contribution in [-0.2, 0) is 0 Å². The number of hydrogen-bond donors (Lipinski definition) is 0. The summed E-state index contributed by atoms with van der Waals surface area (Å²) in [5, 5.41) is 7.88. The highest BCUT2D eigenvalue weighted by atomic mass is 14.2. The standard InChI is InChI=1S/C52H34/c1-3-17-35(18-4-1)41-31-16-32-42(36-19-5-2-6-20-36)51(41)52-47-29-13-11-27-45(47)50(46-28-12-14-30-48(46)52)39-23-15-22-37(33-39)49-34-38-21-7-8-24-40(38)43-25-9-10-26-44(43)49/h1-34H/i1D,2D,3D,4D,5D,6D,17D,18D,19D,20D. The van der Waals surface area contributed by atoms with Gasteiger partial charge >= 0.3 is 0 Å². The smallest absolute Gasteiger partial charge is 0.0622 e. The van der Waals surface area contributed by atoms with Crippen LogP contribution in [-0.4, -0.2) is 0 Å². The molecule has 0 nitrogen and oxygen atoms in total. The van der Waals surface area contributed by atoms with Crippen LogP contribution in [0.3, 0.4) is 0 Å². The van der Waals surface area contributed by atoms with Crippen molar-refractivity contribution in [2.75, 3.05) is 0 Å². The number of rotatable bonds is 5. The van der Waals surface area contributed by atoms with E-state index in [1.807, 2.05) is 48.5 Å². The summed E-state index contributed by atoms with van der Waals surface area (Å²) >= 11 is 0. The Morgan fingerprint density at radius 2 is 0.731 bits per heavy atom. The van der Waals surface area contributed by atoms with Crippen LogP contribution in [0.25, 0.3) is 98.7 Å². The van der Waals surface area contributed by atoms with Crippen LogP contribution in [0.15, 0.2) is 206 Å². The van der Waals surface area contributed by atoms with Gasteiger partial charge in [-0.05, 0) is 111 Å². The van der Waals surface area contributed by atoms with Crippen molar-refractivity contribution >= 4 is 43.1 Å². The van der Waals surface area contributed by atoms with Gasteiger partial charge in [-0.15, -0.1) is 0 Å². The average molecular weight is 669 g/mol. The van der Waals surface area contributed by atoms with Gasteiger partial charge in [0.1, 0.15) is 0 Å². The van der Waals surface area contributed by atoms with E-state index in [1.165, 1.54) is 10.8 Å². The largest absolute Gasteiger partial charge is 0.0629 e. The third-order valence-corrected chi connectivity index (χ3v) is 10.0. The van der Waals surface area contributed by atoms with E-state index in [2.05, 4.69) is 78.9 Å². The summed E-state index contributed by atoms with van der Waals surface area (Å²) < 4.78 is 87.8. The summed E-state index contributed by atoms with van der Waals surface area (Å²) in [7, 11) is 0. The quantitative estimate of drug-likeness (QED) is 0.126. The molecule has 0 unspecified atom stereocenters. The van der Waals surface area contributed by atoms with Crippen molar-refractivity contribution in [2.45, 2.75) is 0 Å². The van der Waals surface area contributed by atoms with Crippen LogP contribution in [0.4, 0.5) is 0 Å². The van der Waals surface area contributed by atoms with Gasteiger partial charge in [0.15, 0.2) is 0 Å². The minimum Gasteiger partial charge on any atom is -0.0622 e. The minimum absolute atomic E-state index is 0.0623. The van der Waals surface area contributed by atoms with Crippen molar-refractivity contribution in [2.24, 2.45) is 0 Å². The summed E-state index contributed by atoms with van der Waals surface area (Å²) in [6, 6.07) is 43.6. The summed E-state index contributed by atoms with van der Waals surface area (Å²) in [5.74, 6) is 0. The molecule has 0 saturated carbocycles. The van der Waals surface area contributed by atoms with E-state index < -0.39 is 60.4 Å². The Bertz CT molecular complexity index is 3340. The van der Waals surface area contributed by atoms with Gasteiger partial charge in [0.2, 0.25) is 0 Å². The van der Waals surface area contributed by atoms with Gasteiger partial charge in [-0.25, -0.2) is 0 Å². The van der Waals surface area contributed by atoms with Crippen LogP contribution < -0.4 is 0 Å². The Labute approximate surface area is 317 Å². The zero-order valence-electron chi connectivity index (χ0n) is 37.9. The summed E-state index contributed by atoms with van der Waals surface area (Å²) in [4.78, 5) is 0. The van der Waals surface area contributed by atoms with Gasteiger partial charge in [-0.3, -0.25) is 0 Å². The number of hydrogen-bond acceptors (Lipinski definition) is 0. The fourth-order valence-electron chi connectivity index (χ4n) is 7.85. The Morgan fingerprint density at radius 1 is 0.269 bits per heavy atom. The molecule has 0 saturated heterocycles. The molecule has 0 aromatic heterocycles. The molecule has 0 aliphatic rings. The van der Waals surface area contributed by atoms with Crippen molar-refractivity contribution < 1.29 is 13.7 Å². The number of fused-ring (bicyclic) bond motifs is 5. The lowest BCUT2D eigenvalue weighted by Crippen LogP contribution is -1.95. The third kappa shape index (κ3) is 4.92. The second-order valence-electron chi connectivity index (χ2n) is 12.8. The van der Waals surface area contributed by atoms with Gasteiger partial charge in [0, 0.05) is 0 Å². The predicted molar refractivity (Wildman–Crippen MR) is 224 cm³/mol. The third-order valence-electron chi connectivity index (χ3n) is 10.0. The highest BCUT2D eigenvalue weighted by molar-refractivity contribution is 6.24. The second kappa shape index (κ2) is 12.5. The topological polar surface area (TPSA) is 0 Å². The Hall–Kier alpha value is -6.76. The Morgan fingerprint density at radius 3 is 1.33 bits per heavy atom.